The number of carbonyl (C=O) groups excluding carboxylic acids is 1. The van der Waals surface area contributed by atoms with Gasteiger partial charge in [-0.3, -0.25) is 4.79 Å². The molecular formula is C10H10ClFO2. The zero-order valence-corrected chi connectivity index (χ0v) is 8.47. The fraction of sp³-hybridized carbons (Fsp3) is 0.300. The van der Waals surface area contributed by atoms with E-state index in [1.807, 2.05) is 0 Å². The molecule has 0 aliphatic rings. The van der Waals surface area contributed by atoms with Gasteiger partial charge in [0.1, 0.15) is 5.78 Å². The molecule has 0 fully saturated rings. The normalized spacial score (nSPS) is 9.93. The largest absolute Gasteiger partial charge is 0.488 e. The molecule has 0 aromatic heterocycles. The van der Waals surface area contributed by atoms with Gasteiger partial charge < -0.3 is 4.74 Å². The Morgan fingerprint density at radius 1 is 1.57 bits per heavy atom. The highest BCUT2D eigenvalue weighted by atomic mass is 35.5. The van der Waals surface area contributed by atoms with Crippen LogP contribution in [-0.2, 0) is 4.79 Å². The summed E-state index contributed by atoms with van der Waals surface area (Å²) in [6.45, 7) is 1.60. The molecule has 4 heteroatoms. The number of rotatable bonds is 4. The average molecular weight is 217 g/mol. The molecule has 1 aromatic carbocycles. The molecule has 0 radical (unpaired) electrons. The summed E-state index contributed by atoms with van der Waals surface area (Å²) < 4.78 is 18.1. The van der Waals surface area contributed by atoms with Gasteiger partial charge in [0.05, 0.1) is 11.6 Å². The molecule has 0 spiro atoms. The maximum atomic E-state index is 13.1. The molecule has 0 aliphatic carbocycles. The second-order valence-electron chi connectivity index (χ2n) is 2.85. The molecule has 1 aromatic rings. The van der Waals surface area contributed by atoms with Gasteiger partial charge in [0.2, 0.25) is 0 Å². The summed E-state index contributed by atoms with van der Waals surface area (Å²) in [5.74, 6) is -0.506. The maximum absolute atomic E-state index is 13.1. The predicted octanol–water partition coefficient (Wildman–Crippen LogP) is 2.84. The average Bonchev–Trinajstić information content (AvgIpc) is 2.09. The van der Waals surface area contributed by atoms with Gasteiger partial charge in [-0.15, -0.1) is 0 Å². The van der Waals surface area contributed by atoms with Crippen molar-refractivity contribution in [3.8, 4) is 5.75 Å². The first kappa shape index (κ1) is 11.0. The van der Waals surface area contributed by atoms with Crippen LogP contribution in [0.2, 0.25) is 5.02 Å². The Balaban J connectivity index is 2.62. The van der Waals surface area contributed by atoms with Crippen LogP contribution >= 0.6 is 11.6 Å². The van der Waals surface area contributed by atoms with Crippen molar-refractivity contribution in [2.24, 2.45) is 0 Å². The van der Waals surface area contributed by atoms with Crippen LogP contribution in [0.15, 0.2) is 18.2 Å². The molecule has 0 N–H and O–H groups in total. The number of ether oxygens (including phenoxy) is 1. The monoisotopic (exact) mass is 216 g/mol. The molecule has 1 rings (SSSR count). The number of hydrogen-bond donors (Lipinski definition) is 0. The molecular weight excluding hydrogens is 207 g/mol. The number of hydrogen-bond acceptors (Lipinski definition) is 2. The lowest BCUT2D eigenvalue weighted by molar-refractivity contribution is -0.117. The van der Waals surface area contributed by atoms with E-state index in [1.165, 1.54) is 25.1 Å². The minimum Gasteiger partial charge on any atom is -0.488 e. The number of Topliss-reactive ketones (excluding diaryl/α,β-unsaturated/α-hetero) is 1. The topological polar surface area (TPSA) is 26.3 Å². The summed E-state index contributed by atoms with van der Waals surface area (Å²) in [4.78, 5) is 10.6. The van der Waals surface area contributed by atoms with Gasteiger partial charge in [0.25, 0.3) is 0 Å². The first-order chi connectivity index (χ1) is 6.61. The SMILES string of the molecule is CC(=O)CCOc1c(F)cccc1Cl. The molecule has 0 saturated heterocycles. The van der Waals surface area contributed by atoms with Crippen LogP contribution in [-0.4, -0.2) is 12.4 Å². The van der Waals surface area contributed by atoms with Gasteiger partial charge in [0.15, 0.2) is 11.6 Å². The summed E-state index contributed by atoms with van der Waals surface area (Å²) in [6.07, 6.45) is 0.255. The predicted molar refractivity (Wildman–Crippen MR) is 52.2 cm³/mol. The first-order valence-corrected chi connectivity index (χ1v) is 4.55. The number of benzene rings is 1. The fourth-order valence-electron chi connectivity index (χ4n) is 0.917. The van der Waals surface area contributed by atoms with Crippen LogP contribution in [0.25, 0.3) is 0 Å². The summed E-state index contributed by atoms with van der Waals surface area (Å²) in [5, 5.41) is 0.216. The molecule has 0 saturated carbocycles. The lowest BCUT2D eigenvalue weighted by Gasteiger charge is -2.07. The van der Waals surface area contributed by atoms with Crippen molar-refractivity contribution in [1.29, 1.82) is 0 Å². The fourth-order valence-corrected chi connectivity index (χ4v) is 1.13. The Kier molecular flexibility index (Phi) is 3.89. The Bertz CT molecular complexity index is 319. The molecule has 0 heterocycles. The highest BCUT2D eigenvalue weighted by Gasteiger charge is 2.07. The van der Waals surface area contributed by atoms with E-state index >= 15 is 0 Å². The van der Waals surface area contributed by atoms with Crippen molar-refractivity contribution in [2.75, 3.05) is 6.61 Å². The van der Waals surface area contributed by atoms with Gasteiger partial charge in [-0.05, 0) is 19.1 Å². The van der Waals surface area contributed by atoms with Crippen LogP contribution in [0.4, 0.5) is 4.39 Å². The lowest BCUT2D eigenvalue weighted by Crippen LogP contribution is -2.04. The molecule has 0 atom stereocenters. The Morgan fingerprint density at radius 2 is 2.29 bits per heavy atom. The third kappa shape index (κ3) is 3.00. The van der Waals surface area contributed by atoms with Crippen molar-refractivity contribution < 1.29 is 13.9 Å². The van der Waals surface area contributed by atoms with E-state index in [1.54, 1.807) is 0 Å². The van der Waals surface area contributed by atoms with Crippen LogP contribution in [0, 0.1) is 5.82 Å². The second kappa shape index (κ2) is 4.96. The lowest BCUT2D eigenvalue weighted by atomic mass is 10.3. The Morgan fingerprint density at radius 3 is 2.86 bits per heavy atom. The number of ketones is 1. The first-order valence-electron chi connectivity index (χ1n) is 4.17. The Labute approximate surface area is 86.6 Å². The van der Waals surface area contributed by atoms with Crippen LogP contribution in [0.1, 0.15) is 13.3 Å². The third-order valence-electron chi connectivity index (χ3n) is 1.62. The van der Waals surface area contributed by atoms with Crippen molar-refractivity contribution in [3.63, 3.8) is 0 Å². The van der Waals surface area contributed by atoms with E-state index in [0.29, 0.717) is 0 Å². The van der Waals surface area contributed by atoms with Gasteiger partial charge >= 0.3 is 0 Å². The number of para-hydroxylation sites is 1. The van der Waals surface area contributed by atoms with E-state index < -0.39 is 5.82 Å². The summed E-state index contributed by atoms with van der Waals surface area (Å²) in [5.41, 5.74) is 0. The number of carbonyl (C=O) groups is 1. The highest BCUT2D eigenvalue weighted by molar-refractivity contribution is 6.32. The van der Waals surface area contributed by atoms with Crippen LogP contribution in [0.3, 0.4) is 0 Å². The highest BCUT2D eigenvalue weighted by Crippen LogP contribution is 2.27. The van der Waals surface area contributed by atoms with Crippen LogP contribution in [0.5, 0.6) is 5.75 Å². The smallest absolute Gasteiger partial charge is 0.173 e. The Hall–Kier alpha value is -1.09. The van der Waals surface area contributed by atoms with Crippen molar-refractivity contribution in [3.05, 3.63) is 29.0 Å². The van der Waals surface area contributed by atoms with Crippen LogP contribution < -0.4 is 4.74 Å². The summed E-state index contributed by atoms with van der Waals surface area (Å²) >= 11 is 5.69. The van der Waals surface area contributed by atoms with Crippen molar-refractivity contribution in [1.82, 2.24) is 0 Å². The molecule has 0 amide bonds. The van der Waals surface area contributed by atoms with Crippen molar-refractivity contribution >= 4 is 17.4 Å². The second-order valence-corrected chi connectivity index (χ2v) is 3.26. The quantitative estimate of drug-likeness (QED) is 0.774. The van der Waals surface area contributed by atoms with Gasteiger partial charge in [0, 0.05) is 6.42 Å². The zero-order valence-electron chi connectivity index (χ0n) is 7.72. The van der Waals surface area contributed by atoms with Crippen molar-refractivity contribution in [2.45, 2.75) is 13.3 Å². The molecule has 0 bridgehead atoms. The maximum Gasteiger partial charge on any atom is 0.173 e. The minimum absolute atomic E-state index is 0.00235. The molecule has 2 nitrogen and oxygen atoms in total. The summed E-state index contributed by atoms with van der Waals surface area (Å²) in [7, 11) is 0. The van der Waals surface area contributed by atoms with Gasteiger partial charge in [-0.2, -0.15) is 0 Å². The summed E-state index contributed by atoms with van der Waals surface area (Å²) in [6, 6.07) is 4.29. The zero-order chi connectivity index (χ0) is 10.6. The van der Waals surface area contributed by atoms with Gasteiger partial charge in [-0.25, -0.2) is 4.39 Å². The van der Waals surface area contributed by atoms with E-state index in [4.69, 9.17) is 16.3 Å². The molecule has 14 heavy (non-hydrogen) atoms. The molecule has 76 valence electrons. The number of halogens is 2. The van der Waals surface area contributed by atoms with E-state index in [-0.39, 0.29) is 29.6 Å². The van der Waals surface area contributed by atoms with Gasteiger partial charge in [-0.1, -0.05) is 17.7 Å². The standard InChI is InChI=1S/C10H10ClFO2/c1-7(13)5-6-14-10-8(11)3-2-4-9(10)12/h2-4H,5-6H2,1H3. The van der Waals surface area contributed by atoms with E-state index in [9.17, 15) is 9.18 Å². The molecule has 0 aliphatic heterocycles. The minimum atomic E-state index is -0.513. The third-order valence-corrected chi connectivity index (χ3v) is 1.92. The molecule has 0 unspecified atom stereocenters. The van der Waals surface area contributed by atoms with E-state index in [2.05, 4.69) is 0 Å². The van der Waals surface area contributed by atoms with E-state index in [0.717, 1.165) is 0 Å².